The fraction of sp³-hybridized carbons (Fsp3) is 0.174. The summed E-state index contributed by atoms with van der Waals surface area (Å²) in [6.07, 6.45) is 3.57. The highest BCUT2D eigenvalue weighted by atomic mass is 16.2. The first-order valence-corrected chi connectivity index (χ1v) is 9.30. The van der Waals surface area contributed by atoms with Crippen LogP contribution in [0.5, 0.6) is 0 Å². The van der Waals surface area contributed by atoms with Gasteiger partial charge in [0, 0.05) is 7.05 Å². The summed E-state index contributed by atoms with van der Waals surface area (Å²) in [5, 5.41) is 6.48. The van der Waals surface area contributed by atoms with Crippen LogP contribution in [0, 0.1) is 0 Å². The number of hydrogen-bond acceptors (Lipinski definition) is 3. The van der Waals surface area contributed by atoms with E-state index < -0.39 is 0 Å². The molecule has 0 aliphatic carbocycles. The van der Waals surface area contributed by atoms with Crippen LogP contribution < -0.4 is 0 Å². The molecule has 1 atom stereocenters. The second-order valence-electron chi connectivity index (χ2n) is 6.97. The van der Waals surface area contributed by atoms with Gasteiger partial charge < -0.3 is 4.90 Å². The third kappa shape index (κ3) is 3.64. The van der Waals surface area contributed by atoms with E-state index in [4.69, 9.17) is 0 Å². The molecule has 28 heavy (non-hydrogen) atoms. The summed E-state index contributed by atoms with van der Waals surface area (Å²) in [4.78, 5) is 18.6. The Kier molecular flexibility index (Phi) is 4.89. The van der Waals surface area contributed by atoms with Crippen molar-refractivity contribution in [3.05, 3.63) is 90.5 Å². The molecule has 0 radical (unpaired) electrons. The minimum Gasteiger partial charge on any atom is -0.339 e. The van der Waals surface area contributed by atoms with Crippen molar-refractivity contribution in [1.82, 2.24) is 19.7 Å². The predicted molar refractivity (Wildman–Crippen MR) is 110 cm³/mol. The maximum atomic E-state index is 12.8. The highest BCUT2D eigenvalue weighted by molar-refractivity contribution is 5.85. The summed E-state index contributed by atoms with van der Waals surface area (Å²) in [6.45, 7) is 2.04. The maximum Gasteiger partial charge on any atom is 0.227 e. The van der Waals surface area contributed by atoms with E-state index in [1.807, 2.05) is 56.4 Å². The molecule has 0 bridgehead atoms. The fourth-order valence-electron chi connectivity index (χ4n) is 3.33. The fourth-order valence-corrected chi connectivity index (χ4v) is 3.33. The minimum atomic E-state index is -0.0160. The smallest absolute Gasteiger partial charge is 0.227 e. The molecule has 0 unspecified atom stereocenters. The molecule has 1 amide bonds. The lowest BCUT2D eigenvalue weighted by Gasteiger charge is -2.25. The van der Waals surface area contributed by atoms with E-state index in [2.05, 4.69) is 34.3 Å². The van der Waals surface area contributed by atoms with E-state index in [1.165, 1.54) is 11.7 Å². The van der Waals surface area contributed by atoms with Crippen LogP contribution in [0.15, 0.2) is 79.4 Å². The number of benzene rings is 3. The molecule has 1 heterocycles. The molecule has 4 rings (SSSR count). The molecule has 0 saturated carbocycles. The molecule has 0 fully saturated rings. The van der Waals surface area contributed by atoms with Crippen LogP contribution in [0.25, 0.3) is 16.5 Å². The summed E-state index contributed by atoms with van der Waals surface area (Å²) in [6, 6.07) is 22.4. The number of rotatable bonds is 5. The van der Waals surface area contributed by atoms with Gasteiger partial charge in [0.05, 0.1) is 18.2 Å². The molecule has 5 nitrogen and oxygen atoms in total. The second-order valence-corrected chi connectivity index (χ2v) is 6.97. The highest BCUT2D eigenvalue weighted by Gasteiger charge is 2.18. The van der Waals surface area contributed by atoms with Gasteiger partial charge in [-0.15, -0.1) is 0 Å². The van der Waals surface area contributed by atoms with E-state index in [0.29, 0.717) is 6.42 Å². The van der Waals surface area contributed by atoms with Gasteiger partial charge in [0.15, 0.2) is 0 Å². The van der Waals surface area contributed by atoms with Crippen molar-refractivity contribution in [3.8, 4) is 5.69 Å². The van der Waals surface area contributed by atoms with Gasteiger partial charge in [-0.3, -0.25) is 4.79 Å². The molecule has 1 aromatic heterocycles. The summed E-state index contributed by atoms with van der Waals surface area (Å²) in [5.74, 6) is 0.100. The Morgan fingerprint density at radius 2 is 1.79 bits per heavy atom. The van der Waals surface area contributed by atoms with Gasteiger partial charge in [0.25, 0.3) is 0 Å². The summed E-state index contributed by atoms with van der Waals surface area (Å²) < 4.78 is 1.71. The van der Waals surface area contributed by atoms with Gasteiger partial charge in [-0.1, -0.05) is 54.6 Å². The van der Waals surface area contributed by atoms with Gasteiger partial charge in [-0.05, 0) is 41.0 Å². The van der Waals surface area contributed by atoms with Crippen molar-refractivity contribution in [1.29, 1.82) is 0 Å². The first kappa shape index (κ1) is 17.9. The molecular formula is C23H22N4O. The lowest BCUT2D eigenvalue weighted by atomic mass is 10.0. The molecule has 0 aliphatic rings. The average molecular weight is 370 g/mol. The molecular weight excluding hydrogens is 348 g/mol. The zero-order chi connectivity index (χ0) is 19.5. The van der Waals surface area contributed by atoms with Crippen LogP contribution >= 0.6 is 0 Å². The first-order chi connectivity index (χ1) is 13.6. The van der Waals surface area contributed by atoms with Crippen LogP contribution in [-0.4, -0.2) is 32.6 Å². The number of hydrogen-bond donors (Lipinski definition) is 0. The summed E-state index contributed by atoms with van der Waals surface area (Å²) >= 11 is 0. The standard InChI is InChI=1S/C23H22N4O/c1-17(19-9-11-22(12-10-19)27-16-24-15-25-27)26(2)23(28)14-18-7-8-20-5-3-4-6-21(20)13-18/h3-13,15-17H,14H2,1-2H3/t17-/m1/s1. The lowest BCUT2D eigenvalue weighted by molar-refractivity contribution is -0.131. The Bertz CT molecular complexity index is 1090. The van der Waals surface area contributed by atoms with E-state index in [9.17, 15) is 4.79 Å². The molecule has 0 aliphatic heterocycles. The number of carbonyl (C=O) groups excluding carboxylic acids is 1. The molecule has 0 saturated heterocycles. The van der Waals surface area contributed by atoms with Crippen molar-refractivity contribution >= 4 is 16.7 Å². The second kappa shape index (κ2) is 7.64. The number of nitrogens with zero attached hydrogens (tertiary/aromatic N) is 4. The molecule has 140 valence electrons. The number of aromatic nitrogens is 3. The molecule has 0 spiro atoms. The maximum absolute atomic E-state index is 12.8. The molecule has 0 N–H and O–H groups in total. The van der Waals surface area contributed by atoms with Crippen molar-refractivity contribution in [2.45, 2.75) is 19.4 Å². The lowest BCUT2D eigenvalue weighted by Crippen LogP contribution is -2.31. The van der Waals surface area contributed by atoms with Crippen LogP contribution in [0.1, 0.15) is 24.1 Å². The monoisotopic (exact) mass is 370 g/mol. The van der Waals surface area contributed by atoms with E-state index in [-0.39, 0.29) is 11.9 Å². The van der Waals surface area contributed by atoms with Crippen LogP contribution in [0.4, 0.5) is 0 Å². The summed E-state index contributed by atoms with van der Waals surface area (Å²) in [7, 11) is 1.86. The SMILES string of the molecule is C[C@H](c1ccc(-n2cncn2)cc1)N(C)C(=O)Cc1ccc2ccccc2c1. The molecule has 4 aromatic rings. The number of amides is 1. The molecule has 3 aromatic carbocycles. The Balaban J connectivity index is 1.46. The van der Waals surface area contributed by atoms with Gasteiger partial charge >= 0.3 is 0 Å². The first-order valence-electron chi connectivity index (χ1n) is 9.30. The van der Waals surface area contributed by atoms with Crippen LogP contribution in [0.2, 0.25) is 0 Å². The third-order valence-corrected chi connectivity index (χ3v) is 5.20. The average Bonchev–Trinajstić information content (AvgIpc) is 3.27. The topological polar surface area (TPSA) is 51.0 Å². The van der Waals surface area contributed by atoms with Crippen molar-refractivity contribution in [3.63, 3.8) is 0 Å². The van der Waals surface area contributed by atoms with Crippen molar-refractivity contribution < 1.29 is 4.79 Å². The molecule has 5 heteroatoms. The quantitative estimate of drug-likeness (QED) is 0.529. The Morgan fingerprint density at radius 1 is 1.04 bits per heavy atom. The van der Waals surface area contributed by atoms with Crippen LogP contribution in [0.3, 0.4) is 0 Å². The predicted octanol–water partition coefficient (Wildman–Crippen LogP) is 4.18. The zero-order valence-corrected chi connectivity index (χ0v) is 16.0. The van der Waals surface area contributed by atoms with E-state index in [0.717, 1.165) is 22.2 Å². The van der Waals surface area contributed by atoms with Gasteiger partial charge in [0.1, 0.15) is 12.7 Å². The minimum absolute atomic E-state index is 0.0160. The number of likely N-dealkylation sites (N-methyl/N-ethyl adjacent to an activating group) is 1. The van der Waals surface area contributed by atoms with Gasteiger partial charge in [-0.2, -0.15) is 5.10 Å². The third-order valence-electron chi connectivity index (χ3n) is 5.20. The van der Waals surface area contributed by atoms with Crippen molar-refractivity contribution in [2.24, 2.45) is 0 Å². The normalized spacial score (nSPS) is 12.1. The highest BCUT2D eigenvalue weighted by Crippen LogP contribution is 2.22. The Morgan fingerprint density at radius 3 is 2.50 bits per heavy atom. The van der Waals surface area contributed by atoms with Gasteiger partial charge in [-0.25, -0.2) is 9.67 Å². The number of carbonyl (C=O) groups is 1. The van der Waals surface area contributed by atoms with E-state index in [1.54, 1.807) is 15.9 Å². The Labute approximate surface area is 164 Å². The van der Waals surface area contributed by atoms with E-state index >= 15 is 0 Å². The Hall–Kier alpha value is -3.47. The number of fused-ring (bicyclic) bond motifs is 1. The zero-order valence-electron chi connectivity index (χ0n) is 16.0. The van der Waals surface area contributed by atoms with Crippen LogP contribution in [-0.2, 0) is 11.2 Å². The van der Waals surface area contributed by atoms with Gasteiger partial charge in [0.2, 0.25) is 5.91 Å². The van der Waals surface area contributed by atoms with Crippen molar-refractivity contribution in [2.75, 3.05) is 7.05 Å². The summed E-state index contributed by atoms with van der Waals surface area (Å²) in [5.41, 5.74) is 3.06. The largest absolute Gasteiger partial charge is 0.339 e.